The van der Waals surface area contributed by atoms with Gasteiger partial charge in [0.2, 0.25) is 0 Å². The molecule has 0 saturated heterocycles. The first-order chi connectivity index (χ1) is 11.9. The fraction of sp³-hybridized carbons (Fsp3) is 0.111. The number of primary amides is 1. The summed E-state index contributed by atoms with van der Waals surface area (Å²) in [7, 11) is 0. The summed E-state index contributed by atoms with van der Waals surface area (Å²) < 4.78 is 5.29. The maximum atomic E-state index is 11.4. The number of benzene rings is 2. The highest BCUT2D eigenvalue weighted by molar-refractivity contribution is 8.00. The largest absolute Gasteiger partial charge is 0.427 e. The lowest BCUT2D eigenvalue weighted by atomic mass is 10.0. The van der Waals surface area contributed by atoms with E-state index in [1.54, 1.807) is 37.3 Å². The third kappa shape index (κ3) is 4.33. The van der Waals surface area contributed by atoms with Gasteiger partial charge in [0, 0.05) is 27.1 Å². The van der Waals surface area contributed by atoms with Gasteiger partial charge in [-0.1, -0.05) is 36.0 Å². The number of ether oxygens (including phenoxy) is 1. The van der Waals surface area contributed by atoms with E-state index in [4.69, 9.17) is 10.5 Å². The van der Waals surface area contributed by atoms with Crippen LogP contribution in [0.5, 0.6) is 0 Å². The summed E-state index contributed by atoms with van der Waals surface area (Å²) in [4.78, 5) is 43.9. The van der Waals surface area contributed by atoms with Crippen molar-refractivity contribution in [3.05, 3.63) is 64.7 Å². The third-order valence-corrected chi connectivity index (χ3v) is 4.65. The van der Waals surface area contributed by atoms with Gasteiger partial charge in [0.15, 0.2) is 11.2 Å². The van der Waals surface area contributed by atoms with Gasteiger partial charge in [-0.3, -0.25) is 14.4 Å². The molecule has 0 aliphatic heterocycles. The molecule has 0 bridgehead atoms. The van der Waals surface area contributed by atoms with Crippen LogP contribution in [0.3, 0.4) is 0 Å². The molecule has 1 unspecified atom stereocenters. The van der Waals surface area contributed by atoms with E-state index in [0.29, 0.717) is 34.2 Å². The average Bonchev–Trinajstić information content (AvgIpc) is 2.61. The topological polar surface area (TPSA) is 104 Å². The van der Waals surface area contributed by atoms with E-state index >= 15 is 0 Å². The molecule has 0 aromatic heterocycles. The molecule has 0 spiro atoms. The summed E-state index contributed by atoms with van der Waals surface area (Å²) in [6, 6.07) is 11.1. The third-order valence-electron chi connectivity index (χ3n) is 3.45. The second-order valence-electron chi connectivity index (χ2n) is 5.24. The molecule has 0 aliphatic carbocycles. The Morgan fingerprint density at radius 3 is 2.12 bits per heavy atom. The lowest BCUT2D eigenvalue weighted by molar-refractivity contribution is 0.0927. The van der Waals surface area contributed by atoms with Crippen molar-refractivity contribution in [3.63, 3.8) is 0 Å². The second-order valence-corrected chi connectivity index (χ2v) is 6.69. The Hall–Kier alpha value is -2.93. The Bertz CT molecular complexity index is 819. The van der Waals surface area contributed by atoms with Crippen molar-refractivity contribution in [1.82, 2.24) is 0 Å². The van der Waals surface area contributed by atoms with Gasteiger partial charge in [-0.15, -0.1) is 0 Å². The van der Waals surface area contributed by atoms with Gasteiger partial charge in [-0.2, -0.15) is 0 Å². The fourth-order valence-corrected chi connectivity index (χ4v) is 3.47. The molecule has 2 aromatic rings. The Kier molecular flexibility index (Phi) is 5.71. The van der Waals surface area contributed by atoms with Crippen LogP contribution in [0.2, 0.25) is 0 Å². The van der Waals surface area contributed by atoms with E-state index in [0.717, 1.165) is 18.0 Å². The highest BCUT2D eigenvalue weighted by Gasteiger charge is 2.34. The lowest BCUT2D eigenvalue weighted by Gasteiger charge is -2.29. The zero-order chi connectivity index (χ0) is 18.4. The number of rotatable bonds is 7. The van der Waals surface area contributed by atoms with E-state index in [9.17, 15) is 19.2 Å². The summed E-state index contributed by atoms with van der Waals surface area (Å²) in [5.74, 6) is 0. The van der Waals surface area contributed by atoms with Gasteiger partial charge in [-0.05, 0) is 25.1 Å². The minimum absolute atomic E-state index is 0.213. The van der Waals surface area contributed by atoms with Crippen LogP contribution in [0, 0.1) is 0 Å². The second kappa shape index (κ2) is 7.76. The Morgan fingerprint density at radius 1 is 1.00 bits per heavy atom. The smallest absolute Gasteiger partial charge is 0.406 e. The van der Waals surface area contributed by atoms with Crippen LogP contribution < -0.4 is 5.73 Å². The Morgan fingerprint density at radius 2 is 1.60 bits per heavy atom. The van der Waals surface area contributed by atoms with Crippen LogP contribution in [0.1, 0.15) is 43.6 Å². The van der Waals surface area contributed by atoms with Gasteiger partial charge in [-0.25, -0.2) is 4.79 Å². The number of nitrogens with two attached hydrogens (primary N) is 1. The van der Waals surface area contributed by atoms with Crippen molar-refractivity contribution >= 4 is 36.7 Å². The van der Waals surface area contributed by atoms with Gasteiger partial charge >= 0.3 is 6.09 Å². The molecule has 0 aliphatic rings. The number of aldehydes is 3. The molecule has 2 aromatic carbocycles. The molecule has 128 valence electrons. The molecule has 0 fully saturated rings. The van der Waals surface area contributed by atoms with E-state index in [1.165, 1.54) is 12.1 Å². The van der Waals surface area contributed by atoms with Gasteiger partial charge in [0.25, 0.3) is 0 Å². The summed E-state index contributed by atoms with van der Waals surface area (Å²) >= 11 is 1.15. The number of hydrogen-bond acceptors (Lipinski definition) is 6. The maximum absolute atomic E-state index is 11.4. The molecule has 0 radical (unpaired) electrons. The predicted octanol–water partition coefficient (Wildman–Crippen LogP) is 3.18. The normalized spacial score (nSPS) is 12.7. The fourth-order valence-electron chi connectivity index (χ4n) is 2.33. The van der Waals surface area contributed by atoms with Crippen molar-refractivity contribution in [2.75, 3.05) is 0 Å². The van der Waals surface area contributed by atoms with E-state index in [2.05, 4.69) is 0 Å². The minimum atomic E-state index is -1.30. The van der Waals surface area contributed by atoms with Crippen molar-refractivity contribution in [2.45, 2.75) is 16.8 Å². The monoisotopic (exact) mass is 357 g/mol. The number of amides is 1. The predicted molar refractivity (Wildman–Crippen MR) is 92.9 cm³/mol. The quantitative estimate of drug-likeness (QED) is 0.464. The molecular weight excluding hydrogens is 342 g/mol. The molecule has 0 heterocycles. The zero-order valence-corrected chi connectivity index (χ0v) is 14.1. The van der Waals surface area contributed by atoms with Gasteiger partial charge < -0.3 is 10.5 Å². The molecule has 6 nitrogen and oxygen atoms in total. The number of thioether (sulfide) groups is 1. The highest BCUT2D eigenvalue weighted by Crippen LogP contribution is 2.43. The van der Waals surface area contributed by atoms with Crippen molar-refractivity contribution in [1.29, 1.82) is 0 Å². The Balaban J connectivity index is 2.49. The average molecular weight is 357 g/mol. The van der Waals surface area contributed by atoms with Crippen molar-refractivity contribution in [3.8, 4) is 0 Å². The standard InChI is InChI=1S/C18H15NO5S/c1-18(24-17(19)23,25-15-5-2-12(9-20)3-6-15)16-7-4-13(10-21)8-14(16)11-22/h2-11H,1H3,(H2,19,23). The zero-order valence-electron chi connectivity index (χ0n) is 13.3. The maximum Gasteiger partial charge on any atom is 0.406 e. The molecule has 2 rings (SSSR count). The van der Waals surface area contributed by atoms with E-state index < -0.39 is 11.0 Å². The molecule has 7 heteroatoms. The molecule has 0 saturated carbocycles. The van der Waals surface area contributed by atoms with Gasteiger partial charge in [0.05, 0.1) is 0 Å². The van der Waals surface area contributed by atoms with Crippen LogP contribution in [0.4, 0.5) is 4.79 Å². The van der Waals surface area contributed by atoms with Crippen LogP contribution in [0.15, 0.2) is 47.4 Å². The minimum Gasteiger partial charge on any atom is -0.427 e. The first kappa shape index (κ1) is 18.4. The number of carbonyl (C=O) groups is 4. The SMILES string of the molecule is CC(OC(N)=O)(Sc1ccc(C=O)cc1)c1ccc(C=O)cc1C=O. The van der Waals surface area contributed by atoms with Crippen LogP contribution >= 0.6 is 11.8 Å². The van der Waals surface area contributed by atoms with Crippen molar-refractivity contribution < 1.29 is 23.9 Å². The van der Waals surface area contributed by atoms with Gasteiger partial charge in [0.1, 0.15) is 12.6 Å². The summed E-state index contributed by atoms with van der Waals surface area (Å²) in [5.41, 5.74) is 6.64. The first-order valence-corrected chi connectivity index (χ1v) is 8.01. The van der Waals surface area contributed by atoms with E-state index in [1.807, 2.05) is 0 Å². The summed E-state index contributed by atoms with van der Waals surface area (Å²) in [6.07, 6.45) is 0.918. The van der Waals surface area contributed by atoms with Crippen LogP contribution in [-0.4, -0.2) is 25.0 Å². The van der Waals surface area contributed by atoms with E-state index in [-0.39, 0.29) is 5.56 Å². The summed E-state index contributed by atoms with van der Waals surface area (Å²) in [6.45, 7) is 1.60. The molecule has 2 N–H and O–H groups in total. The number of carbonyl (C=O) groups excluding carboxylic acids is 4. The molecule has 25 heavy (non-hydrogen) atoms. The van der Waals surface area contributed by atoms with Crippen LogP contribution in [-0.2, 0) is 9.67 Å². The van der Waals surface area contributed by atoms with Crippen molar-refractivity contribution in [2.24, 2.45) is 5.73 Å². The molecular formula is C18H15NO5S. The number of hydrogen-bond donors (Lipinski definition) is 1. The first-order valence-electron chi connectivity index (χ1n) is 7.19. The molecule has 1 atom stereocenters. The lowest BCUT2D eigenvalue weighted by Crippen LogP contribution is -2.30. The Labute approximate surface area is 148 Å². The van der Waals surface area contributed by atoms with Crippen LogP contribution in [0.25, 0.3) is 0 Å². The summed E-state index contributed by atoms with van der Waals surface area (Å²) in [5, 5.41) is 0. The highest BCUT2D eigenvalue weighted by atomic mass is 32.2. The molecule has 1 amide bonds.